The first-order valence-electron chi connectivity index (χ1n) is 7.67. The highest BCUT2D eigenvalue weighted by molar-refractivity contribution is 7.71. The monoisotopic (exact) mass is 316 g/mol. The number of nitrogens with zero attached hydrogens (tertiary/aromatic N) is 3. The molecule has 0 amide bonds. The third-order valence-corrected chi connectivity index (χ3v) is 4.20. The summed E-state index contributed by atoms with van der Waals surface area (Å²) in [6.45, 7) is 1.98. The van der Waals surface area contributed by atoms with E-state index >= 15 is 0 Å². The molecule has 0 atom stereocenters. The molecule has 2 aromatic rings. The lowest BCUT2D eigenvalue weighted by Gasteiger charge is -2.19. The molecule has 0 bridgehead atoms. The Bertz CT molecular complexity index is 718. The van der Waals surface area contributed by atoms with E-state index in [1.54, 1.807) is 17.2 Å². The van der Waals surface area contributed by atoms with E-state index in [2.05, 4.69) is 15.3 Å². The van der Waals surface area contributed by atoms with Gasteiger partial charge in [0.2, 0.25) is 4.77 Å². The first-order chi connectivity index (χ1) is 10.7. The minimum atomic E-state index is 0.452. The number of nitrogens with one attached hydrogen (secondary N) is 1. The minimum absolute atomic E-state index is 0.452. The zero-order chi connectivity index (χ0) is 15.4. The Balaban J connectivity index is 1.81. The van der Waals surface area contributed by atoms with E-state index in [9.17, 15) is 0 Å². The summed E-state index contributed by atoms with van der Waals surface area (Å²) in [5, 5.41) is 11.8. The molecule has 22 heavy (non-hydrogen) atoms. The summed E-state index contributed by atoms with van der Waals surface area (Å²) in [7, 11) is 0. The topological polar surface area (TPSA) is 59.1 Å². The van der Waals surface area contributed by atoms with Gasteiger partial charge in [0.05, 0.1) is 12.5 Å². The van der Waals surface area contributed by atoms with Crippen molar-refractivity contribution in [3.05, 3.63) is 40.3 Å². The Morgan fingerprint density at radius 2 is 2.27 bits per heavy atom. The zero-order valence-electron chi connectivity index (χ0n) is 12.7. The summed E-state index contributed by atoms with van der Waals surface area (Å²) in [6, 6.07) is 3.78. The van der Waals surface area contributed by atoms with E-state index < -0.39 is 0 Å². The smallest absolute Gasteiger partial charge is 0.216 e. The van der Waals surface area contributed by atoms with Crippen LogP contribution in [0.5, 0.6) is 0 Å². The Kier molecular flexibility index (Phi) is 4.68. The number of aromatic amines is 1. The predicted molar refractivity (Wildman–Crippen MR) is 89.5 cm³/mol. The van der Waals surface area contributed by atoms with E-state index in [1.807, 2.05) is 25.1 Å². The summed E-state index contributed by atoms with van der Waals surface area (Å²) in [5.41, 5.74) is 0.993. The highest BCUT2D eigenvalue weighted by atomic mass is 32.1. The first-order valence-corrected chi connectivity index (χ1v) is 8.08. The van der Waals surface area contributed by atoms with Crippen molar-refractivity contribution in [3.63, 3.8) is 0 Å². The summed E-state index contributed by atoms with van der Waals surface area (Å²) in [4.78, 5) is 0. The quantitative estimate of drug-likeness (QED) is 0.666. The lowest BCUT2D eigenvalue weighted by atomic mass is 9.89. The molecule has 2 aromatic heterocycles. The average molecular weight is 316 g/mol. The summed E-state index contributed by atoms with van der Waals surface area (Å²) in [6.07, 6.45) is 11.5. The van der Waals surface area contributed by atoms with Crippen LogP contribution in [0.3, 0.4) is 0 Å². The third-order valence-electron chi connectivity index (χ3n) is 3.94. The van der Waals surface area contributed by atoms with Crippen molar-refractivity contribution in [1.29, 1.82) is 0 Å². The molecule has 1 aliphatic rings. The molecule has 5 nitrogen and oxygen atoms in total. The Morgan fingerprint density at radius 1 is 1.45 bits per heavy atom. The fraction of sp³-hybridized carbons (Fsp3) is 0.438. The largest absolute Gasteiger partial charge is 0.465 e. The summed E-state index contributed by atoms with van der Waals surface area (Å²) >= 11 is 5.30. The standard InChI is InChI=1S/C16H20N4OS/c1-12(10-14-8-5-9-21-14)11-17-20-15(18-19-16(20)22)13-6-3-2-4-7-13/h5,8-11,13H,2-4,6-7H2,1H3,(H,19,22)/b12-10+,17-11-. The maximum atomic E-state index is 5.30. The maximum Gasteiger partial charge on any atom is 0.216 e. The fourth-order valence-corrected chi connectivity index (χ4v) is 3.01. The molecule has 3 rings (SSSR count). The molecule has 1 fully saturated rings. The van der Waals surface area contributed by atoms with Crippen molar-refractivity contribution in [2.75, 3.05) is 0 Å². The second-order valence-corrected chi connectivity index (χ2v) is 6.07. The van der Waals surface area contributed by atoms with Crippen molar-refractivity contribution in [2.45, 2.75) is 44.9 Å². The highest BCUT2D eigenvalue weighted by Gasteiger charge is 2.21. The molecule has 0 aliphatic heterocycles. The summed E-state index contributed by atoms with van der Waals surface area (Å²) in [5.74, 6) is 2.22. The van der Waals surface area contributed by atoms with E-state index in [-0.39, 0.29) is 0 Å². The van der Waals surface area contributed by atoms with Crippen LogP contribution in [0, 0.1) is 4.77 Å². The normalized spacial score (nSPS) is 17.4. The number of aromatic nitrogens is 3. The van der Waals surface area contributed by atoms with Crippen LogP contribution in [-0.2, 0) is 0 Å². The molecule has 1 saturated carbocycles. The van der Waals surface area contributed by atoms with Crippen LogP contribution in [0.2, 0.25) is 0 Å². The molecule has 6 heteroatoms. The van der Waals surface area contributed by atoms with Crippen LogP contribution in [-0.4, -0.2) is 21.1 Å². The molecule has 0 aromatic carbocycles. The molecule has 0 unspecified atom stereocenters. The van der Waals surface area contributed by atoms with Gasteiger partial charge >= 0.3 is 0 Å². The van der Waals surface area contributed by atoms with Gasteiger partial charge in [-0.05, 0) is 55.8 Å². The molecular weight excluding hydrogens is 296 g/mol. The van der Waals surface area contributed by atoms with Gasteiger partial charge in [0.25, 0.3) is 0 Å². The van der Waals surface area contributed by atoms with Crippen LogP contribution in [0.15, 0.2) is 33.5 Å². The van der Waals surface area contributed by atoms with Gasteiger partial charge in [0.15, 0.2) is 5.82 Å². The third kappa shape index (κ3) is 3.44. The van der Waals surface area contributed by atoms with Gasteiger partial charge < -0.3 is 4.42 Å². The Hall–Kier alpha value is -1.95. The number of H-pyrrole nitrogens is 1. The first kappa shape index (κ1) is 15.0. The molecule has 0 saturated heterocycles. The molecular formula is C16H20N4OS. The van der Waals surface area contributed by atoms with Gasteiger partial charge in [0.1, 0.15) is 5.76 Å². The predicted octanol–water partition coefficient (Wildman–Crippen LogP) is 4.52. The van der Waals surface area contributed by atoms with E-state index in [0.717, 1.165) is 30.0 Å². The maximum absolute atomic E-state index is 5.30. The van der Waals surface area contributed by atoms with Crippen molar-refractivity contribution in [3.8, 4) is 0 Å². The number of hydrogen-bond donors (Lipinski definition) is 1. The van der Waals surface area contributed by atoms with Crippen LogP contribution in [0.4, 0.5) is 0 Å². The number of rotatable bonds is 4. The van der Waals surface area contributed by atoms with Crippen LogP contribution >= 0.6 is 12.2 Å². The lowest BCUT2D eigenvalue weighted by molar-refractivity contribution is 0.419. The van der Waals surface area contributed by atoms with Crippen molar-refractivity contribution >= 4 is 24.5 Å². The molecule has 1 N–H and O–H groups in total. The van der Waals surface area contributed by atoms with E-state index in [4.69, 9.17) is 16.6 Å². The SMILES string of the molecule is CC(/C=N\n1c(C2CCCCC2)n[nH]c1=S)=C\c1ccco1. The second kappa shape index (κ2) is 6.87. The molecule has 2 heterocycles. The Labute approximate surface area is 134 Å². The fourth-order valence-electron chi connectivity index (χ4n) is 2.82. The van der Waals surface area contributed by atoms with Crippen LogP contribution < -0.4 is 0 Å². The van der Waals surface area contributed by atoms with Crippen molar-refractivity contribution in [1.82, 2.24) is 14.9 Å². The minimum Gasteiger partial charge on any atom is -0.465 e. The van der Waals surface area contributed by atoms with E-state index in [1.165, 1.54) is 19.3 Å². The van der Waals surface area contributed by atoms with Gasteiger partial charge in [0, 0.05) is 5.92 Å². The van der Waals surface area contributed by atoms with Gasteiger partial charge in [-0.3, -0.25) is 5.10 Å². The number of allylic oxidation sites excluding steroid dienone is 1. The summed E-state index contributed by atoms with van der Waals surface area (Å²) < 4.78 is 7.60. The molecule has 0 radical (unpaired) electrons. The zero-order valence-corrected chi connectivity index (χ0v) is 13.5. The lowest BCUT2D eigenvalue weighted by Crippen LogP contribution is -2.10. The average Bonchev–Trinajstić information content (AvgIpc) is 3.16. The number of hydrogen-bond acceptors (Lipinski definition) is 4. The molecule has 116 valence electrons. The molecule has 1 aliphatic carbocycles. The Morgan fingerprint density at radius 3 is 3.00 bits per heavy atom. The number of furan rings is 1. The van der Waals surface area contributed by atoms with Gasteiger partial charge in [-0.1, -0.05) is 19.3 Å². The van der Waals surface area contributed by atoms with Crippen LogP contribution in [0.25, 0.3) is 6.08 Å². The van der Waals surface area contributed by atoms with Gasteiger partial charge in [-0.25, -0.2) is 0 Å². The van der Waals surface area contributed by atoms with Crippen molar-refractivity contribution in [2.24, 2.45) is 5.10 Å². The highest BCUT2D eigenvalue weighted by Crippen LogP contribution is 2.31. The van der Waals surface area contributed by atoms with Crippen LogP contribution in [0.1, 0.15) is 56.5 Å². The molecule has 0 spiro atoms. The van der Waals surface area contributed by atoms with E-state index in [0.29, 0.717) is 10.7 Å². The van der Waals surface area contributed by atoms with Crippen molar-refractivity contribution < 1.29 is 4.42 Å². The van der Waals surface area contributed by atoms with Gasteiger partial charge in [-0.15, -0.1) is 0 Å². The second-order valence-electron chi connectivity index (χ2n) is 5.68. The van der Waals surface area contributed by atoms with Gasteiger partial charge in [-0.2, -0.15) is 14.9 Å².